The Labute approximate surface area is 291 Å². The van der Waals surface area contributed by atoms with Crippen molar-refractivity contribution in [2.75, 3.05) is 26.3 Å². The van der Waals surface area contributed by atoms with Gasteiger partial charge in [-0.05, 0) is 43.0 Å². The van der Waals surface area contributed by atoms with E-state index < -0.39 is 47.5 Å². The molecular weight excluding hydrogens is 696 g/mol. The first-order valence-electron chi connectivity index (χ1n) is 16.5. The number of aliphatic hydroxyl groups is 1. The second-order valence-corrected chi connectivity index (χ2v) is 13.6. The van der Waals surface area contributed by atoms with Crippen LogP contribution in [0.25, 0.3) is 11.0 Å². The number of cyclic esters (lactones) is 1. The number of aromatic nitrogens is 3. The van der Waals surface area contributed by atoms with Gasteiger partial charge in [0, 0.05) is 30.6 Å². The number of esters is 1. The van der Waals surface area contributed by atoms with E-state index in [1.807, 2.05) is 66.7 Å². The van der Waals surface area contributed by atoms with Gasteiger partial charge in [-0.25, -0.2) is 4.68 Å². The minimum absolute atomic E-state index is 0.0264. The van der Waals surface area contributed by atoms with Gasteiger partial charge in [-0.2, -0.15) is 0 Å². The van der Waals surface area contributed by atoms with E-state index in [1.165, 1.54) is 4.90 Å². The molecule has 2 aromatic carbocycles. The Balaban J connectivity index is 1.30. The fraction of sp³-hybridized carbons (Fsp3) is 0.429. The zero-order chi connectivity index (χ0) is 34.1. The average molecular weight is 734 g/mol. The Bertz CT molecular complexity index is 1810. The Kier molecular flexibility index (Phi) is 9.36. The van der Waals surface area contributed by atoms with Crippen molar-refractivity contribution in [2.24, 2.45) is 11.8 Å². The third-order valence-electron chi connectivity index (χ3n) is 9.74. The van der Waals surface area contributed by atoms with Crippen LogP contribution in [0, 0.1) is 11.8 Å². The monoisotopic (exact) mass is 732 g/mol. The van der Waals surface area contributed by atoms with Gasteiger partial charge in [0.2, 0.25) is 11.8 Å². The standard InChI is InChI=1S/C35H37BrN6O7/c36-23-19-35-29-28(30(23)49-35)32(45)37-25(22-11-3-1-4-12-22)20-48-27(44)15-5-2-8-16-40(21-42-26-14-7-6-13-24(26)38-39-42)34(47)31(35)41(33(29)46)17-9-10-18-43/h1-4,6-8,11-14,19,25,28-31,43H,5,9-10,15-18,20-21H2,(H,37,45)/b8-2-/t25-,28-,29+,30-,31-,35+/m1/s1. The Morgan fingerprint density at radius 3 is 2.61 bits per heavy atom. The van der Waals surface area contributed by atoms with E-state index >= 15 is 0 Å². The molecule has 256 valence electrons. The number of benzene rings is 2. The number of nitrogens with one attached hydrogen (secondary N) is 1. The molecule has 49 heavy (non-hydrogen) atoms. The number of rotatable bonds is 7. The zero-order valence-corrected chi connectivity index (χ0v) is 28.3. The van der Waals surface area contributed by atoms with Gasteiger partial charge < -0.3 is 29.7 Å². The second kappa shape index (κ2) is 13.8. The summed E-state index contributed by atoms with van der Waals surface area (Å²) in [7, 11) is 0. The molecule has 5 heterocycles. The molecule has 14 heteroatoms. The van der Waals surface area contributed by atoms with E-state index in [-0.39, 0.29) is 51.2 Å². The molecule has 0 aliphatic carbocycles. The van der Waals surface area contributed by atoms with E-state index in [0.717, 1.165) is 11.1 Å². The van der Waals surface area contributed by atoms with Crippen molar-refractivity contribution in [3.63, 3.8) is 0 Å². The molecule has 5 bridgehead atoms. The number of halogens is 1. The summed E-state index contributed by atoms with van der Waals surface area (Å²) in [6, 6.07) is 14.8. The molecule has 2 fully saturated rings. The van der Waals surface area contributed by atoms with Gasteiger partial charge in [0.05, 0.1) is 23.4 Å². The van der Waals surface area contributed by atoms with Gasteiger partial charge in [0.15, 0.2) is 0 Å². The number of allylic oxidation sites excluding steroid dienone is 1. The number of hydrogen-bond acceptors (Lipinski definition) is 9. The fourth-order valence-corrected chi connectivity index (χ4v) is 8.18. The Morgan fingerprint density at radius 1 is 1.00 bits per heavy atom. The number of para-hydroxylation sites is 1. The molecule has 6 atom stereocenters. The lowest BCUT2D eigenvalue weighted by molar-refractivity contribution is -0.149. The lowest BCUT2D eigenvalue weighted by Gasteiger charge is -2.35. The summed E-state index contributed by atoms with van der Waals surface area (Å²) in [6.45, 7) is 0.211. The molecule has 2 saturated heterocycles. The number of carbonyl (C=O) groups excluding carboxylic acids is 4. The fourth-order valence-electron chi connectivity index (χ4n) is 7.45. The summed E-state index contributed by atoms with van der Waals surface area (Å²) in [5, 5.41) is 21.1. The molecule has 0 saturated carbocycles. The van der Waals surface area contributed by atoms with Crippen LogP contribution < -0.4 is 5.32 Å². The van der Waals surface area contributed by atoms with E-state index in [1.54, 1.807) is 15.7 Å². The van der Waals surface area contributed by atoms with Crippen LogP contribution in [0.4, 0.5) is 0 Å². The van der Waals surface area contributed by atoms with Gasteiger partial charge in [-0.3, -0.25) is 19.2 Å². The van der Waals surface area contributed by atoms with Crippen LogP contribution in [0.15, 0.2) is 77.3 Å². The number of nitrogens with zero attached hydrogens (tertiary/aromatic N) is 5. The second-order valence-electron chi connectivity index (χ2n) is 12.7. The molecule has 4 aliphatic heterocycles. The Hall–Kier alpha value is -4.40. The smallest absolute Gasteiger partial charge is 0.306 e. The highest BCUT2D eigenvalue weighted by Gasteiger charge is 2.74. The molecule has 7 rings (SSSR count). The van der Waals surface area contributed by atoms with E-state index in [4.69, 9.17) is 9.47 Å². The molecule has 13 nitrogen and oxygen atoms in total. The normalized spacial score (nSPS) is 29.6. The number of hydrogen-bond donors (Lipinski definition) is 2. The summed E-state index contributed by atoms with van der Waals surface area (Å²) in [6.07, 6.45) is 5.99. The minimum Gasteiger partial charge on any atom is -0.463 e. The van der Waals surface area contributed by atoms with Crippen molar-refractivity contribution >= 4 is 50.7 Å². The summed E-state index contributed by atoms with van der Waals surface area (Å²) in [5.41, 5.74) is 0.715. The van der Waals surface area contributed by atoms with Crippen LogP contribution in [0.5, 0.6) is 0 Å². The highest BCUT2D eigenvalue weighted by molar-refractivity contribution is 9.11. The lowest BCUT2D eigenvalue weighted by Crippen LogP contribution is -2.56. The maximum Gasteiger partial charge on any atom is 0.306 e. The molecular formula is C35H37BrN6O7. The predicted octanol–water partition coefficient (Wildman–Crippen LogP) is 2.61. The molecule has 3 amide bonds. The van der Waals surface area contributed by atoms with Crippen LogP contribution >= 0.6 is 15.9 Å². The third kappa shape index (κ3) is 6.06. The van der Waals surface area contributed by atoms with Crippen molar-refractivity contribution in [1.82, 2.24) is 30.1 Å². The van der Waals surface area contributed by atoms with Crippen molar-refractivity contribution in [2.45, 2.75) is 56.1 Å². The number of fused-ring (bicyclic) bond motifs is 3. The van der Waals surface area contributed by atoms with Crippen LogP contribution in [-0.2, 0) is 35.3 Å². The van der Waals surface area contributed by atoms with Crippen molar-refractivity contribution in [3.05, 3.63) is 82.9 Å². The third-order valence-corrected chi connectivity index (χ3v) is 10.4. The number of aliphatic hydroxyl groups excluding tert-OH is 1. The number of unbranched alkanes of at least 4 members (excludes halogenated alkanes) is 1. The van der Waals surface area contributed by atoms with Gasteiger partial charge in [0.25, 0.3) is 5.91 Å². The van der Waals surface area contributed by atoms with Crippen LogP contribution in [0.3, 0.4) is 0 Å². The first-order chi connectivity index (χ1) is 23.8. The maximum atomic E-state index is 14.9. The average Bonchev–Trinajstić information content (AvgIpc) is 3.83. The SMILES string of the molecule is O=C1CC/C=C\CN(Cn2nnc3ccccc32)C(=O)[C@H]2N(CCCCO)C(=O)[C@@H]3[C@@H](C(=O)N[C@@H](c4ccccc4)CO1)[C@@H]1O[C@@]32C=C1Br. The van der Waals surface area contributed by atoms with Gasteiger partial charge in [-0.1, -0.05) is 75.8 Å². The van der Waals surface area contributed by atoms with E-state index in [9.17, 15) is 24.3 Å². The summed E-state index contributed by atoms with van der Waals surface area (Å²) in [4.78, 5) is 59.6. The number of likely N-dealkylation sites (tertiary alicyclic amines) is 1. The molecule has 3 aromatic rings. The molecule has 0 unspecified atom stereocenters. The maximum absolute atomic E-state index is 14.9. The highest BCUT2D eigenvalue weighted by Crippen LogP contribution is 2.58. The Morgan fingerprint density at radius 2 is 1.80 bits per heavy atom. The minimum atomic E-state index is -1.42. The van der Waals surface area contributed by atoms with E-state index in [0.29, 0.717) is 29.3 Å². The first-order valence-corrected chi connectivity index (χ1v) is 17.3. The van der Waals surface area contributed by atoms with E-state index in [2.05, 4.69) is 31.6 Å². The topological polar surface area (TPSA) is 156 Å². The lowest BCUT2D eigenvalue weighted by atomic mass is 9.74. The van der Waals surface area contributed by atoms with Gasteiger partial charge >= 0.3 is 5.97 Å². The molecule has 2 N–H and O–H groups in total. The number of carbonyl (C=O) groups is 4. The van der Waals surface area contributed by atoms with Crippen molar-refractivity contribution in [3.8, 4) is 0 Å². The quantitative estimate of drug-likeness (QED) is 0.212. The molecule has 4 aliphatic rings. The summed E-state index contributed by atoms with van der Waals surface area (Å²) in [5.74, 6) is -3.56. The predicted molar refractivity (Wildman–Crippen MR) is 179 cm³/mol. The van der Waals surface area contributed by atoms with Crippen molar-refractivity contribution in [1.29, 1.82) is 0 Å². The highest BCUT2D eigenvalue weighted by atomic mass is 79.9. The zero-order valence-electron chi connectivity index (χ0n) is 26.7. The number of ether oxygens (including phenoxy) is 2. The van der Waals surface area contributed by atoms with Crippen LogP contribution in [0.1, 0.15) is 37.3 Å². The summed E-state index contributed by atoms with van der Waals surface area (Å²) < 4.78 is 14.5. The van der Waals surface area contributed by atoms with Gasteiger partial charge in [-0.15, -0.1) is 5.10 Å². The van der Waals surface area contributed by atoms with Crippen molar-refractivity contribution < 1.29 is 33.8 Å². The molecule has 1 aromatic heterocycles. The first kappa shape index (κ1) is 33.1. The number of amides is 3. The van der Waals surface area contributed by atoms with Crippen LogP contribution in [0.2, 0.25) is 0 Å². The largest absolute Gasteiger partial charge is 0.463 e. The molecule has 1 spiro atoms. The molecule has 0 radical (unpaired) electrons. The summed E-state index contributed by atoms with van der Waals surface area (Å²) >= 11 is 3.61. The van der Waals surface area contributed by atoms with Gasteiger partial charge in [0.1, 0.15) is 36.5 Å². The van der Waals surface area contributed by atoms with Crippen LogP contribution in [-0.4, -0.2) is 97.6 Å².